The highest BCUT2D eigenvalue weighted by atomic mass is 35.5. The molecule has 0 saturated carbocycles. The van der Waals surface area contributed by atoms with E-state index in [4.69, 9.17) is 23.2 Å². The van der Waals surface area contributed by atoms with Crippen LogP contribution in [-0.4, -0.2) is 16.4 Å². The summed E-state index contributed by atoms with van der Waals surface area (Å²) in [6.07, 6.45) is 0.782. The van der Waals surface area contributed by atoms with Crippen molar-refractivity contribution in [2.75, 3.05) is 6.54 Å². The molecule has 2 aromatic rings. The van der Waals surface area contributed by atoms with Crippen molar-refractivity contribution in [1.29, 1.82) is 5.26 Å². The maximum absolute atomic E-state index is 9.42. The minimum absolute atomic E-state index is 0.0802. The van der Waals surface area contributed by atoms with Gasteiger partial charge in [0.05, 0.1) is 5.56 Å². The Morgan fingerprint density at radius 3 is 2.68 bits per heavy atom. The minimum Gasteiger partial charge on any atom is -0.292 e. The van der Waals surface area contributed by atoms with Gasteiger partial charge in [-0.25, -0.2) is 4.98 Å². The number of nitriles is 1. The number of aromatic nitrogens is 1. The van der Waals surface area contributed by atoms with Crippen molar-refractivity contribution >= 4 is 23.2 Å². The van der Waals surface area contributed by atoms with Crippen LogP contribution in [0.5, 0.6) is 0 Å². The molecule has 112 valence electrons. The molecule has 0 spiro atoms. The molecule has 1 aromatic heterocycles. The van der Waals surface area contributed by atoms with Crippen LogP contribution in [0.3, 0.4) is 0 Å². The topological polar surface area (TPSA) is 39.9 Å². The molecule has 0 N–H and O–H groups in total. The molecule has 5 heteroatoms. The summed E-state index contributed by atoms with van der Waals surface area (Å²) in [7, 11) is 0. The van der Waals surface area contributed by atoms with Gasteiger partial charge in [0.25, 0.3) is 0 Å². The summed E-state index contributed by atoms with van der Waals surface area (Å²) in [5.74, 6) is 0. The van der Waals surface area contributed by atoms with Gasteiger partial charge in [-0.2, -0.15) is 5.26 Å². The summed E-state index contributed by atoms with van der Waals surface area (Å²) in [6.45, 7) is 3.81. The fraction of sp³-hybridized carbons (Fsp3) is 0.294. The average Bonchev–Trinajstić information content (AvgIpc) is 2.52. The number of rotatable bonds is 2. The number of hydrogen-bond donors (Lipinski definition) is 0. The smallest absolute Gasteiger partial charge is 0.148 e. The van der Waals surface area contributed by atoms with Crippen LogP contribution < -0.4 is 0 Å². The van der Waals surface area contributed by atoms with E-state index in [1.54, 1.807) is 0 Å². The Labute approximate surface area is 140 Å². The standard InChI is InChI=1S/C17H15Cl2N3/c1-11-15-13(16(18)21-17(19)14(15)9-20)7-8-22(11)10-12-5-3-2-4-6-12/h2-6,11H,7-8,10H2,1H3. The maximum atomic E-state index is 9.42. The number of fused-ring (bicyclic) bond motifs is 1. The Hall–Kier alpha value is -1.60. The van der Waals surface area contributed by atoms with Gasteiger partial charge in [-0.05, 0) is 30.0 Å². The Balaban J connectivity index is 1.98. The summed E-state index contributed by atoms with van der Waals surface area (Å²) >= 11 is 12.3. The van der Waals surface area contributed by atoms with E-state index in [1.165, 1.54) is 5.56 Å². The molecule has 1 aliphatic rings. The van der Waals surface area contributed by atoms with E-state index in [2.05, 4.69) is 35.0 Å². The second-order valence-electron chi connectivity index (χ2n) is 5.45. The van der Waals surface area contributed by atoms with Crippen molar-refractivity contribution < 1.29 is 0 Å². The van der Waals surface area contributed by atoms with Crippen molar-refractivity contribution in [2.24, 2.45) is 0 Å². The number of pyridine rings is 1. The lowest BCUT2D eigenvalue weighted by atomic mass is 9.91. The molecular weight excluding hydrogens is 317 g/mol. The zero-order valence-electron chi connectivity index (χ0n) is 12.2. The van der Waals surface area contributed by atoms with Gasteiger partial charge in [0.1, 0.15) is 16.4 Å². The van der Waals surface area contributed by atoms with Gasteiger partial charge >= 0.3 is 0 Å². The maximum Gasteiger partial charge on any atom is 0.148 e. The van der Waals surface area contributed by atoms with Crippen molar-refractivity contribution in [1.82, 2.24) is 9.88 Å². The van der Waals surface area contributed by atoms with E-state index in [0.717, 1.165) is 30.6 Å². The van der Waals surface area contributed by atoms with Crippen LogP contribution in [-0.2, 0) is 13.0 Å². The molecule has 0 aliphatic carbocycles. The molecule has 22 heavy (non-hydrogen) atoms. The minimum atomic E-state index is 0.0802. The molecule has 1 atom stereocenters. The summed E-state index contributed by atoms with van der Waals surface area (Å²) < 4.78 is 0. The van der Waals surface area contributed by atoms with Gasteiger partial charge in [0.15, 0.2) is 0 Å². The molecule has 0 bridgehead atoms. The molecule has 1 aromatic carbocycles. The van der Waals surface area contributed by atoms with Gasteiger partial charge in [-0.15, -0.1) is 0 Å². The largest absolute Gasteiger partial charge is 0.292 e. The molecular formula is C17H15Cl2N3. The summed E-state index contributed by atoms with van der Waals surface area (Å²) in [4.78, 5) is 6.43. The molecule has 2 heterocycles. The fourth-order valence-electron chi connectivity index (χ4n) is 3.05. The Bertz CT molecular complexity index is 738. The van der Waals surface area contributed by atoms with Crippen LogP contribution in [0, 0.1) is 11.3 Å². The van der Waals surface area contributed by atoms with Crippen LogP contribution in [0.4, 0.5) is 0 Å². The third-order valence-corrected chi connectivity index (χ3v) is 4.79. The SMILES string of the molecule is CC1c2c(C#N)c(Cl)nc(Cl)c2CCN1Cc1ccccc1. The average molecular weight is 332 g/mol. The van der Waals surface area contributed by atoms with Crippen LogP contribution >= 0.6 is 23.2 Å². The molecule has 0 amide bonds. The second kappa shape index (κ2) is 6.26. The van der Waals surface area contributed by atoms with Gasteiger partial charge in [0.2, 0.25) is 0 Å². The predicted octanol–water partition coefficient (Wildman–Crippen LogP) is 4.38. The van der Waals surface area contributed by atoms with Gasteiger partial charge in [-0.3, -0.25) is 4.90 Å². The Morgan fingerprint density at radius 1 is 1.27 bits per heavy atom. The first kappa shape index (κ1) is 15.3. The lowest BCUT2D eigenvalue weighted by molar-refractivity contribution is 0.189. The number of halogens is 2. The fourth-order valence-corrected chi connectivity index (χ4v) is 3.61. The molecule has 1 unspecified atom stereocenters. The van der Waals surface area contributed by atoms with Gasteiger partial charge in [-0.1, -0.05) is 53.5 Å². The van der Waals surface area contributed by atoms with E-state index in [-0.39, 0.29) is 11.2 Å². The van der Waals surface area contributed by atoms with Gasteiger partial charge in [0, 0.05) is 19.1 Å². The summed E-state index contributed by atoms with van der Waals surface area (Å²) in [6, 6.07) is 12.6. The Morgan fingerprint density at radius 2 is 2.00 bits per heavy atom. The highest BCUT2D eigenvalue weighted by molar-refractivity contribution is 6.33. The van der Waals surface area contributed by atoms with E-state index >= 15 is 0 Å². The van der Waals surface area contributed by atoms with E-state index in [9.17, 15) is 5.26 Å². The third-order valence-electron chi connectivity index (χ3n) is 4.20. The Kier molecular flexibility index (Phi) is 4.35. The van der Waals surface area contributed by atoms with Crippen LogP contribution in [0.1, 0.15) is 35.2 Å². The van der Waals surface area contributed by atoms with E-state index in [0.29, 0.717) is 10.7 Å². The normalized spacial score (nSPS) is 17.8. The lowest BCUT2D eigenvalue weighted by Crippen LogP contribution is -2.34. The van der Waals surface area contributed by atoms with Crippen molar-refractivity contribution in [3.8, 4) is 6.07 Å². The first-order valence-corrected chi connectivity index (χ1v) is 7.93. The molecule has 0 radical (unpaired) electrons. The summed E-state index contributed by atoms with van der Waals surface area (Å²) in [5.41, 5.74) is 3.59. The van der Waals surface area contributed by atoms with E-state index < -0.39 is 0 Å². The molecule has 0 fully saturated rings. The molecule has 3 rings (SSSR count). The number of benzene rings is 1. The second-order valence-corrected chi connectivity index (χ2v) is 6.17. The first-order valence-electron chi connectivity index (χ1n) is 7.17. The van der Waals surface area contributed by atoms with E-state index in [1.807, 2.05) is 18.2 Å². The van der Waals surface area contributed by atoms with Gasteiger partial charge < -0.3 is 0 Å². The van der Waals surface area contributed by atoms with Crippen molar-refractivity contribution in [2.45, 2.75) is 25.9 Å². The number of nitrogens with zero attached hydrogens (tertiary/aromatic N) is 3. The van der Waals surface area contributed by atoms with Crippen LogP contribution in [0.25, 0.3) is 0 Å². The first-order chi connectivity index (χ1) is 10.6. The number of hydrogen-bond acceptors (Lipinski definition) is 3. The molecule has 0 saturated heterocycles. The monoisotopic (exact) mass is 331 g/mol. The quantitative estimate of drug-likeness (QED) is 0.766. The lowest BCUT2D eigenvalue weighted by Gasteiger charge is -2.36. The predicted molar refractivity (Wildman–Crippen MR) is 87.9 cm³/mol. The highest BCUT2D eigenvalue weighted by Crippen LogP contribution is 2.38. The van der Waals surface area contributed by atoms with Crippen molar-refractivity contribution in [3.63, 3.8) is 0 Å². The molecule has 3 nitrogen and oxygen atoms in total. The van der Waals surface area contributed by atoms with Crippen molar-refractivity contribution in [3.05, 3.63) is 62.9 Å². The third kappa shape index (κ3) is 2.70. The summed E-state index contributed by atoms with van der Waals surface area (Å²) in [5, 5.41) is 10.0. The van der Waals surface area contributed by atoms with Crippen LogP contribution in [0.15, 0.2) is 30.3 Å². The zero-order valence-corrected chi connectivity index (χ0v) is 13.7. The van der Waals surface area contributed by atoms with Crippen LogP contribution in [0.2, 0.25) is 10.3 Å². The zero-order chi connectivity index (χ0) is 15.7. The highest BCUT2D eigenvalue weighted by Gasteiger charge is 2.30. The molecule has 1 aliphatic heterocycles.